The van der Waals surface area contributed by atoms with Crippen molar-refractivity contribution >= 4 is 33.8 Å². The summed E-state index contributed by atoms with van der Waals surface area (Å²) in [7, 11) is 0. The number of benzene rings is 1. The maximum absolute atomic E-state index is 12.4. The van der Waals surface area contributed by atoms with E-state index in [0.717, 1.165) is 5.56 Å². The zero-order valence-electron chi connectivity index (χ0n) is 14.9. The Morgan fingerprint density at radius 3 is 2.27 bits per heavy atom. The van der Waals surface area contributed by atoms with Crippen LogP contribution < -0.4 is 15.4 Å². The van der Waals surface area contributed by atoms with Crippen LogP contribution in [0.25, 0.3) is 0 Å². The summed E-state index contributed by atoms with van der Waals surface area (Å²) in [6.45, 7) is 4.29. The highest BCUT2D eigenvalue weighted by atomic mass is 32.1. The minimum Gasteiger partial charge on any atom is -0.435 e. The molecule has 2 amide bonds. The highest BCUT2D eigenvalue weighted by Gasteiger charge is 2.23. The van der Waals surface area contributed by atoms with Gasteiger partial charge >= 0.3 is 6.61 Å². The molecule has 0 saturated heterocycles. The van der Waals surface area contributed by atoms with Crippen LogP contribution >= 0.6 is 11.3 Å². The molecule has 0 saturated carbocycles. The highest BCUT2D eigenvalue weighted by molar-refractivity contribution is 7.18. The van der Waals surface area contributed by atoms with Crippen molar-refractivity contribution in [3.8, 4) is 5.75 Å². The lowest BCUT2D eigenvalue weighted by molar-refractivity contribution is -0.123. The number of nitrogens with one attached hydrogen (secondary N) is 2. The number of carbonyl (C=O) groups is 2. The number of ether oxygens (including phenoxy) is 1. The van der Waals surface area contributed by atoms with Crippen LogP contribution in [0.1, 0.15) is 36.0 Å². The number of anilines is 2. The van der Waals surface area contributed by atoms with Gasteiger partial charge in [-0.05, 0) is 42.8 Å². The van der Waals surface area contributed by atoms with Gasteiger partial charge in [-0.3, -0.25) is 9.59 Å². The van der Waals surface area contributed by atoms with Crippen LogP contribution in [0.3, 0.4) is 0 Å². The average Bonchev–Trinajstić information content (AvgIpc) is 2.88. The van der Waals surface area contributed by atoms with E-state index in [9.17, 15) is 18.4 Å². The van der Waals surface area contributed by atoms with E-state index in [1.165, 1.54) is 35.6 Å². The Hall–Kier alpha value is -2.48. The van der Waals surface area contributed by atoms with E-state index in [1.54, 1.807) is 33.8 Å². The van der Waals surface area contributed by atoms with E-state index < -0.39 is 12.0 Å². The van der Waals surface area contributed by atoms with Gasteiger partial charge in [0.25, 0.3) is 5.91 Å². The van der Waals surface area contributed by atoms with Gasteiger partial charge in [0.05, 0.1) is 9.88 Å². The van der Waals surface area contributed by atoms with Gasteiger partial charge in [0.1, 0.15) is 5.75 Å². The van der Waals surface area contributed by atoms with Crippen molar-refractivity contribution in [2.75, 3.05) is 10.6 Å². The number of aryl methyl sites for hydroxylation is 1. The lowest BCUT2D eigenvalue weighted by Crippen LogP contribution is -2.27. The van der Waals surface area contributed by atoms with Gasteiger partial charge in [0, 0.05) is 11.1 Å². The van der Waals surface area contributed by atoms with Gasteiger partial charge in [-0.25, -0.2) is 0 Å². The first-order chi connectivity index (χ1) is 12.1. The molecule has 0 unspecified atom stereocenters. The van der Waals surface area contributed by atoms with E-state index in [2.05, 4.69) is 15.4 Å². The smallest absolute Gasteiger partial charge is 0.387 e. The Kier molecular flexibility index (Phi) is 5.97. The fourth-order valence-electron chi connectivity index (χ4n) is 1.98. The molecular formula is C18H20F2N2O3S. The lowest BCUT2D eigenvalue weighted by Gasteiger charge is -2.16. The van der Waals surface area contributed by atoms with Crippen molar-refractivity contribution in [2.45, 2.75) is 34.3 Å². The third-order valence-electron chi connectivity index (χ3n) is 3.38. The molecule has 0 aliphatic carbocycles. The topological polar surface area (TPSA) is 67.4 Å². The maximum Gasteiger partial charge on any atom is 0.387 e. The molecule has 0 aliphatic rings. The fourth-order valence-corrected chi connectivity index (χ4v) is 2.94. The second-order valence-corrected chi connectivity index (χ2v) is 7.74. The number of amides is 2. The summed E-state index contributed by atoms with van der Waals surface area (Å²) in [6.07, 6.45) is 0. The summed E-state index contributed by atoms with van der Waals surface area (Å²) in [5, 5.41) is 6.08. The average molecular weight is 382 g/mol. The van der Waals surface area contributed by atoms with Crippen LogP contribution in [-0.2, 0) is 4.79 Å². The molecule has 2 N–H and O–H groups in total. The molecule has 26 heavy (non-hydrogen) atoms. The zero-order valence-corrected chi connectivity index (χ0v) is 15.7. The summed E-state index contributed by atoms with van der Waals surface area (Å²) in [5.74, 6) is -0.468. The maximum atomic E-state index is 12.4. The molecule has 1 aromatic heterocycles. The Labute approximate surface area is 154 Å². The van der Waals surface area contributed by atoms with Crippen molar-refractivity contribution in [3.05, 3.63) is 40.8 Å². The van der Waals surface area contributed by atoms with Gasteiger partial charge in [-0.15, -0.1) is 11.3 Å². The van der Waals surface area contributed by atoms with Gasteiger partial charge in [-0.2, -0.15) is 8.78 Å². The first-order valence-electron chi connectivity index (χ1n) is 7.84. The number of rotatable bonds is 5. The number of alkyl halides is 2. The molecule has 1 heterocycles. The summed E-state index contributed by atoms with van der Waals surface area (Å²) in [5.41, 5.74) is 0.640. The molecule has 2 rings (SSSR count). The van der Waals surface area contributed by atoms with Crippen molar-refractivity contribution in [2.24, 2.45) is 5.41 Å². The first-order valence-corrected chi connectivity index (χ1v) is 8.66. The molecular weight excluding hydrogens is 362 g/mol. The van der Waals surface area contributed by atoms with Crippen molar-refractivity contribution in [1.82, 2.24) is 0 Å². The van der Waals surface area contributed by atoms with Gasteiger partial charge in [0.2, 0.25) is 5.91 Å². The molecule has 1 aromatic carbocycles. The Morgan fingerprint density at radius 1 is 1.12 bits per heavy atom. The third-order valence-corrected chi connectivity index (χ3v) is 4.53. The van der Waals surface area contributed by atoms with Gasteiger partial charge in [0.15, 0.2) is 0 Å². The van der Waals surface area contributed by atoms with Crippen molar-refractivity contribution < 1.29 is 23.1 Å². The van der Waals surface area contributed by atoms with Crippen LogP contribution in [0.15, 0.2) is 30.3 Å². The largest absolute Gasteiger partial charge is 0.435 e. The standard InChI is InChI=1S/C18H20F2N2O3S/c1-10-9-13(22-16(24)18(2,3)4)26-14(10)15(23)21-11-5-7-12(8-6-11)25-17(19)20/h5-9,17H,1-4H3,(H,21,23)(H,22,24). The number of carbonyl (C=O) groups excluding carboxylic acids is 2. The predicted molar refractivity (Wildman–Crippen MR) is 98.2 cm³/mol. The SMILES string of the molecule is Cc1cc(NC(=O)C(C)(C)C)sc1C(=O)Nc1ccc(OC(F)F)cc1. The summed E-state index contributed by atoms with van der Waals surface area (Å²) < 4.78 is 28.5. The Morgan fingerprint density at radius 2 is 1.73 bits per heavy atom. The number of hydrogen-bond acceptors (Lipinski definition) is 4. The number of hydrogen-bond donors (Lipinski definition) is 2. The molecule has 0 atom stereocenters. The monoisotopic (exact) mass is 382 g/mol. The van der Waals surface area contributed by atoms with E-state index in [1.807, 2.05) is 0 Å². The zero-order chi connectivity index (χ0) is 19.5. The molecule has 2 aromatic rings. The molecule has 0 aliphatic heterocycles. The summed E-state index contributed by atoms with van der Waals surface area (Å²) >= 11 is 1.18. The predicted octanol–water partition coefficient (Wildman–Crippen LogP) is 4.89. The Balaban J connectivity index is 2.07. The van der Waals surface area contributed by atoms with Gasteiger partial charge < -0.3 is 15.4 Å². The van der Waals surface area contributed by atoms with Crippen molar-refractivity contribution in [1.29, 1.82) is 0 Å². The fraction of sp³-hybridized carbons (Fsp3) is 0.333. The minimum atomic E-state index is -2.90. The van der Waals surface area contributed by atoms with Crippen LogP contribution in [0, 0.1) is 12.3 Å². The van der Waals surface area contributed by atoms with E-state index >= 15 is 0 Å². The molecule has 5 nitrogen and oxygen atoms in total. The molecule has 0 fully saturated rings. The molecule has 0 bridgehead atoms. The number of halogens is 2. The van der Waals surface area contributed by atoms with E-state index in [0.29, 0.717) is 15.6 Å². The van der Waals surface area contributed by atoms with Crippen molar-refractivity contribution in [3.63, 3.8) is 0 Å². The molecule has 8 heteroatoms. The Bertz CT molecular complexity index is 796. The van der Waals surface area contributed by atoms with Crippen LogP contribution in [0.5, 0.6) is 5.75 Å². The number of thiophene rings is 1. The van der Waals surface area contributed by atoms with Crippen LogP contribution in [0.4, 0.5) is 19.5 Å². The first kappa shape index (κ1) is 19.8. The lowest BCUT2D eigenvalue weighted by atomic mass is 9.96. The van der Waals surface area contributed by atoms with E-state index in [4.69, 9.17) is 0 Å². The second-order valence-electron chi connectivity index (χ2n) is 6.68. The minimum absolute atomic E-state index is 0.0116. The summed E-state index contributed by atoms with van der Waals surface area (Å²) in [6, 6.07) is 7.38. The third kappa shape index (κ3) is 5.26. The quantitative estimate of drug-likeness (QED) is 0.773. The van der Waals surface area contributed by atoms with Crippen LogP contribution in [0.2, 0.25) is 0 Å². The second kappa shape index (κ2) is 7.82. The highest BCUT2D eigenvalue weighted by Crippen LogP contribution is 2.29. The normalized spacial score (nSPS) is 11.3. The van der Waals surface area contributed by atoms with E-state index in [-0.39, 0.29) is 17.6 Å². The summed E-state index contributed by atoms with van der Waals surface area (Å²) in [4.78, 5) is 24.9. The molecule has 140 valence electrons. The molecule has 0 spiro atoms. The molecule has 0 radical (unpaired) electrons. The van der Waals surface area contributed by atoms with Gasteiger partial charge in [-0.1, -0.05) is 20.8 Å². The van der Waals surface area contributed by atoms with Crippen LogP contribution in [-0.4, -0.2) is 18.4 Å².